The van der Waals surface area contributed by atoms with Gasteiger partial charge in [0.25, 0.3) is 5.91 Å². The first-order chi connectivity index (χ1) is 14.1. The van der Waals surface area contributed by atoms with Crippen LogP contribution in [0, 0.1) is 0 Å². The molecule has 8 heteroatoms. The monoisotopic (exact) mass is 396 g/mol. The van der Waals surface area contributed by atoms with Gasteiger partial charge in [0.05, 0.1) is 11.7 Å². The molecule has 0 saturated heterocycles. The Kier molecular flexibility index (Phi) is 5.89. The molecule has 4 rings (SSSR count). The number of carbonyl (C=O) groups is 1. The average Bonchev–Trinajstić information content (AvgIpc) is 2.91. The van der Waals surface area contributed by atoms with Crippen LogP contribution in [0.4, 0.5) is 11.8 Å². The molecular weight excluding hydrogens is 368 g/mol. The van der Waals surface area contributed by atoms with Crippen LogP contribution in [0.1, 0.15) is 60.1 Å². The molecule has 3 atom stereocenters. The molecule has 0 aromatic carbocycles. The van der Waals surface area contributed by atoms with Crippen molar-refractivity contribution in [1.82, 2.24) is 15.0 Å². The summed E-state index contributed by atoms with van der Waals surface area (Å²) in [6.07, 6.45) is 10.1. The number of aryl methyl sites for hydroxylation is 1. The number of hydrogen-bond donors (Lipinski definition) is 4. The molecule has 0 radical (unpaired) electrons. The SMILES string of the molecule is NC(=O)c1cnc(N[C@@H]2CCc3ncccc3C2)nc1N[C@@H]1CCCCC(O)C1. The van der Waals surface area contributed by atoms with Crippen molar-refractivity contribution in [1.29, 1.82) is 0 Å². The maximum atomic E-state index is 11.9. The van der Waals surface area contributed by atoms with Crippen molar-refractivity contribution in [2.24, 2.45) is 5.73 Å². The van der Waals surface area contributed by atoms with Gasteiger partial charge in [0.15, 0.2) is 0 Å². The predicted octanol–water partition coefficient (Wildman–Crippen LogP) is 2.05. The fourth-order valence-corrected chi connectivity index (χ4v) is 4.27. The normalized spacial score (nSPS) is 24.2. The van der Waals surface area contributed by atoms with Crippen molar-refractivity contribution in [2.45, 2.75) is 69.6 Å². The summed E-state index contributed by atoms with van der Waals surface area (Å²) < 4.78 is 0. The van der Waals surface area contributed by atoms with Gasteiger partial charge in [0, 0.05) is 30.2 Å². The van der Waals surface area contributed by atoms with Crippen LogP contribution < -0.4 is 16.4 Å². The Morgan fingerprint density at radius 2 is 2.00 bits per heavy atom. The third-order valence-electron chi connectivity index (χ3n) is 5.81. The van der Waals surface area contributed by atoms with Crippen LogP contribution >= 0.6 is 0 Å². The number of carbonyl (C=O) groups excluding carboxylic acids is 1. The molecule has 1 saturated carbocycles. The van der Waals surface area contributed by atoms with Crippen molar-refractivity contribution < 1.29 is 9.90 Å². The summed E-state index contributed by atoms with van der Waals surface area (Å²) in [4.78, 5) is 25.2. The molecule has 1 amide bonds. The summed E-state index contributed by atoms with van der Waals surface area (Å²) in [6.45, 7) is 0. The van der Waals surface area contributed by atoms with E-state index in [4.69, 9.17) is 5.73 Å². The number of anilines is 2. The number of aliphatic hydroxyl groups excluding tert-OH is 1. The van der Waals surface area contributed by atoms with Crippen molar-refractivity contribution in [3.63, 3.8) is 0 Å². The van der Waals surface area contributed by atoms with E-state index in [1.807, 2.05) is 12.3 Å². The van der Waals surface area contributed by atoms with Crippen LogP contribution in [0.5, 0.6) is 0 Å². The van der Waals surface area contributed by atoms with Gasteiger partial charge < -0.3 is 21.5 Å². The number of rotatable bonds is 5. The predicted molar refractivity (Wildman–Crippen MR) is 111 cm³/mol. The van der Waals surface area contributed by atoms with E-state index in [9.17, 15) is 9.90 Å². The Morgan fingerprint density at radius 3 is 2.86 bits per heavy atom. The van der Waals surface area contributed by atoms with Crippen molar-refractivity contribution in [2.75, 3.05) is 10.6 Å². The Morgan fingerprint density at radius 1 is 1.14 bits per heavy atom. The van der Waals surface area contributed by atoms with E-state index in [0.29, 0.717) is 18.2 Å². The van der Waals surface area contributed by atoms with E-state index >= 15 is 0 Å². The lowest BCUT2D eigenvalue weighted by molar-refractivity contribution is 0.100. The topological polar surface area (TPSA) is 126 Å². The van der Waals surface area contributed by atoms with Gasteiger partial charge in [0.2, 0.25) is 5.95 Å². The van der Waals surface area contributed by atoms with Gasteiger partial charge >= 0.3 is 0 Å². The number of pyridine rings is 1. The molecular formula is C21H28N6O2. The van der Waals surface area contributed by atoms with Crippen molar-refractivity contribution in [3.05, 3.63) is 41.3 Å². The standard InChI is InChI=1S/C21H28N6O2/c22-19(29)17-12-24-21(26-15-7-8-18-13(10-15)4-3-9-23-18)27-20(17)25-14-5-1-2-6-16(28)11-14/h3-4,9,12,14-16,28H,1-2,5-8,10-11H2,(H2,22,29)(H2,24,25,26,27)/t14-,15-,16?/m1/s1. The lowest BCUT2D eigenvalue weighted by atomic mass is 9.92. The quantitative estimate of drug-likeness (QED) is 0.570. The third-order valence-corrected chi connectivity index (χ3v) is 5.81. The average molecular weight is 396 g/mol. The second-order valence-corrected chi connectivity index (χ2v) is 8.03. The molecule has 1 unspecified atom stereocenters. The zero-order valence-electron chi connectivity index (χ0n) is 16.5. The summed E-state index contributed by atoms with van der Waals surface area (Å²) in [6, 6.07) is 4.33. The summed E-state index contributed by atoms with van der Waals surface area (Å²) >= 11 is 0. The van der Waals surface area contributed by atoms with E-state index in [1.54, 1.807) is 0 Å². The van der Waals surface area contributed by atoms with E-state index in [0.717, 1.165) is 50.6 Å². The Hall–Kier alpha value is -2.74. The summed E-state index contributed by atoms with van der Waals surface area (Å²) in [5, 5.41) is 16.8. The highest BCUT2D eigenvalue weighted by molar-refractivity contribution is 5.97. The maximum Gasteiger partial charge on any atom is 0.254 e. The molecule has 2 aromatic rings. The molecule has 0 spiro atoms. The zero-order valence-corrected chi connectivity index (χ0v) is 16.5. The molecule has 5 N–H and O–H groups in total. The second kappa shape index (κ2) is 8.73. The first-order valence-electron chi connectivity index (χ1n) is 10.4. The fraction of sp³-hybridized carbons (Fsp3) is 0.524. The Labute approximate surface area is 170 Å². The summed E-state index contributed by atoms with van der Waals surface area (Å²) in [5.41, 5.74) is 8.20. The molecule has 2 aliphatic rings. The van der Waals surface area contributed by atoms with Crippen LogP contribution in [-0.4, -0.2) is 44.2 Å². The zero-order chi connectivity index (χ0) is 20.2. The van der Waals surface area contributed by atoms with Gasteiger partial charge in [-0.15, -0.1) is 0 Å². The van der Waals surface area contributed by atoms with Crippen molar-refractivity contribution >= 4 is 17.7 Å². The van der Waals surface area contributed by atoms with E-state index in [-0.39, 0.29) is 23.8 Å². The first kappa shape index (κ1) is 19.6. The van der Waals surface area contributed by atoms with Gasteiger partial charge in [-0.25, -0.2) is 4.98 Å². The minimum absolute atomic E-state index is 0.0565. The molecule has 154 valence electrons. The second-order valence-electron chi connectivity index (χ2n) is 8.03. The highest BCUT2D eigenvalue weighted by Crippen LogP contribution is 2.25. The lowest BCUT2D eigenvalue weighted by Gasteiger charge is -2.25. The van der Waals surface area contributed by atoms with Crippen LogP contribution in [0.15, 0.2) is 24.5 Å². The van der Waals surface area contributed by atoms with Gasteiger partial charge in [0.1, 0.15) is 5.82 Å². The number of primary amides is 1. The number of hydrogen-bond acceptors (Lipinski definition) is 7. The van der Waals surface area contributed by atoms with E-state index in [2.05, 4.69) is 31.7 Å². The molecule has 2 aromatic heterocycles. The number of aliphatic hydroxyl groups is 1. The minimum Gasteiger partial charge on any atom is -0.393 e. The van der Waals surface area contributed by atoms with Gasteiger partial charge in [-0.2, -0.15) is 4.98 Å². The van der Waals surface area contributed by atoms with Gasteiger partial charge in [-0.1, -0.05) is 18.9 Å². The molecule has 0 bridgehead atoms. The Bertz CT molecular complexity index is 874. The van der Waals surface area contributed by atoms with E-state index in [1.165, 1.54) is 11.8 Å². The fourth-order valence-electron chi connectivity index (χ4n) is 4.27. The number of nitrogens with zero attached hydrogens (tertiary/aromatic N) is 3. The molecule has 1 fully saturated rings. The van der Waals surface area contributed by atoms with Crippen LogP contribution in [0.25, 0.3) is 0 Å². The molecule has 2 aliphatic carbocycles. The molecule has 2 heterocycles. The number of aromatic nitrogens is 3. The minimum atomic E-state index is -0.564. The highest BCUT2D eigenvalue weighted by atomic mass is 16.3. The third kappa shape index (κ3) is 4.82. The smallest absolute Gasteiger partial charge is 0.254 e. The van der Waals surface area contributed by atoms with Crippen LogP contribution in [0.2, 0.25) is 0 Å². The summed E-state index contributed by atoms with van der Waals surface area (Å²) in [7, 11) is 0. The van der Waals surface area contributed by atoms with Crippen LogP contribution in [0.3, 0.4) is 0 Å². The molecule has 8 nitrogen and oxygen atoms in total. The van der Waals surface area contributed by atoms with Crippen molar-refractivity contribution in [3.8, 4) is 0 Å². The van der Waals surface area contributed by atoms with E-state index < -0.39 is 5.91 Å². The molecule has 29 heavy (non-hydrogen) atoms. The number of amides is 1. The number of fused-ring (bicyclic) bond motifs is 1. The first-order valence-corrected chi connectivity index (χ1v) is 10.4. The van der Waals surface area contributed by atoms with Crippen LogP contribution in [-0.2, 0) is 12.8 Å². The van der Waals surface area contributed by atoms with Gasteiger partial charge in [-0.05, 0) is 50.2 Å². The molecule has 0 aliphatic heterocycles. The maximum absolute atomic E-state index is 11.9. The summed E-state index contributed by atoms with van der Waals surface area (Å²) in [5.74, 6) is 0.349. The highest BCUT2D eigenvalue weighted by Gasteiger charge is 2.23. The Balaban J connectivity index is 1.50. The van der Waals surface area contributed by atoms with Gasteiger partial charge in [-0.3, -0.25) is 9.78 Å². The number of nitrogens with one attached hydrogen (secondary N) is 2. The number of nitrogens with two attached hydrogens (primary N) is 1. The largest absolute Gasteiger partial charge is 0.393 e. The lowest BCUT2D eigenvalue weighted by Crippen LogP contribution is -2.30.